The molecule has 0 saturated heterocycles. The molecule has 1 nitrogen and oxygen atoms in total. The van der Waals surface area contributed by atoms with Crippen molar-refractivity contribution in [1.29, 1.82) is 0 Å². The van der Waals surface area contributed by atoms with Gasteiger partial charge in [0.2, 0.25) is 5.60 Å². The van der Waals surface area contributed by atoms with Crippen LogP contribution in [0, 0.1) is 11.8 Å². The van der Waals surface area contributed by atoms with Gasteiger partial charge < -0.3 is 5.11 Å². The second kappa shape index (κ2) is 6.70. The Kier molecular flexibility index (Phi) is 4.33. The zero-order chi connectivity index (χ0) is 19.8. The highest BCUT2D eigenvalue weighted by molar-refractivity contribution is 6.09. The lowest BCUT2D eigenvalue weighted by atomic mass is 9.92. The van der Waals surface area contributed by atoms with Crippen LogP contribution in [0.3, 0.4) is 0 Å². The maximum atomic E-state index is 13.7. The van der Waals surface area contributed by atoms with Gasteiger partial charge in [-0.25, -0.2) is 0 Å². The molecular formula is C24H15F3O. The van der Waals surface area contributed by atoms with Gasteiger partial charge in [-0.2, -0.15) is 13.2 Å². The fourth-order valence-electron chi connectivity index (χ4n) is 3.30. The molecule has 1 atom stereocenters. The minimum Gasteiger partial charge on any atom is -0.366 e. The number of rotatable bonds is 1. The number of hydrogen-bond donors (Lipinski definition) is 1. The fraction of sp³-hybridized carbons (Fsp3) is 0.0833. The van der Waals surface area contributed by atoms with Crippen molar-refractivity contribution in [3.05, 3.63) is 96.1 Å². The molecular weight excluding hydrogens is 361 g/mol. The summed E-state index contributed by atoms with van der Waals surface area (Å²) in [6, 6.07) is 23.7. The molecule has 1 N–H and O–H groups in total. The summed E-state index contributed by atoms with van der Waals surface area (Å²) in [5.41, 5.74) is -3.12. The highest BCUT2D eigenvalue weighted by Crippen LogP contribution is 2.38. The smallest absolute Gasteiger partial charge is 0.366 e. The van der Waals surface area contributed by atoms with E-state index in [1.165, 1.54) is 24.3 Å². The maximum Gasteiger partial charge on any atom is 0.433 e. The first-order chi connectivity index (χ1) is 13.4. The molecule has 0 radical (unpaired) electrons. The van der Waals surface area contributed by atoms with Crippen LogP contribution in [-0.2, 0) is 5.60 Å². The van der Waals surface area contributed by atoms with Gasteiger partial charge >= 0.3 is 6.18 Å². The third-order valence-corrected chi connectivity index (χ3v) is 4.75. The van der Waals surface area contributed by atoms with E-state index >= 15 is 0 Å². The Morgan fingerprint density at radius 2 is 1.25 bits per heavy atom. The minimum atomic E-state index is -4.94. The predicted octanol–water partition coefficient (Wildman–Crippen LogP) is 5.79. The molecule has 0 fully saturated rings. The van der Waals surface area contributed by atoms with Crippen molar-refractivity contribution in [2.24, 2.45) is 0 Å². The summed E-state index contributed by atoms with van der Waals surface area (Å²) >= 11 is 0. The Balaban J connectivity index is 1.96. The molecule has 4 aromatic carbocycles. The van der Waals surface area contributed by atoms with Crippen molar-refractivity contribution in [2.45, 2.75) is 11.8 Å². The van der Waals surface area contributed by atoms with Crippen molar-refractivity contribution < 1.29 is 18.3 Å². The summed E-state index contributed by atoms with van der Waals surface area (Å²) in [4.78, 5) is 0. The summed E-state index contributed by atoms with van der Waals surface area (Å²) in [5.74, 6) is 4.71. The molecule has 4 aromatic rings. The highest BCUT2D eigenvalue weighted by atomic mass is 19.4. The van der Waals surface area contributed by atoms with Crippen LogP contribution < -0.4 is 0 Å². The van der Waals surface area contributed by atoms with Crippen LogP contribution in [0.25, 0.3) is 21.5 Å². The third-order valence-electron chi connectivity index (χ3n) is 4.75. The maximum absolute atomic E-state index is 13.7. The standard InChI is InChI=1S/C24H15F3O/c25-24(26,27)23(28,19-9-2-1-3-10-19)15-14-18-16-17-8-4-5-11-20(17)22-13-7-6-12-21(18)22/h1-13,16,28H. The first kappa shape index (κ1) is 18.1. The number of benzene rings is 4. The Morgan fingerprint density at radius 3 is 1.93 bits per heavy atom. The van der Waals surface area contributed by atoms with Crippen LogP contribution in [0.15, 0.2) is 84.9 Å². The average molecular weight is 376 g/mol. The largest absolute Gasteiger partial charge is 0.433 e. The summed E-state index contributed by atoms with van der Waals surface area (Å²) in [7, 11) is 0. The van der Waals surface area contributed by atoms with Gasteiger partial charge in [-0.05, 0) is 33.5 Å². The van der Waals surface area contributed by atoms with Gasteiger partial charge in [-0.3, -0.25) is 0 Å². The van der Waals surface area contributed by atoms with Crippen LogP contribution >= 0.6 is 0 Å². The number of halogens is 3. The van der Waals surface area contributed by atoms with Gasteiger partial charge in [0.25, 0.3) is 0 Å². The van der Waals surface area contributed by atoms with E-state index < -0.39 is 11.8 Å². The molecule has 0 aliphatic heterocycles. The molecule has 0 saturated carbocycles. The number of aliphatic hydroxyl groups is 1. The number of fused-ring (bicyclic) bond motifs is 3. The van der Waals surface area contributed by atoms with Crippen molar-refractivity contribution in [3.8, 4) is 11.8 Å². The minimum absolute atomic E-state index is 0.305. The van der Waals surface area contributed by atoms with Gasteiger partial charge in [0.05, 0.1) is 0 Å². The van der Waals surface area contributed by atoms with E-state index in [1.54, 1.807) is 12.1 Å². The predicted molar refractivity (Wildman–Crippen MR) is 105 cm³/mol. The van der Waals surface area contributed by atoms with E-state index in [-0.39, 0.29) is 5.56 Å². The van der Waals surface area contributed by atoms with Gasteiger partial charge in [0.15, 0.2) is 0 Å². The third kappa shape index (κ3) is 3.00. The van der Waals surface area contributed by atoms with Crippen molar-refractivity contribution in [3.63, 3.8) is 0 Å². The van der Waals surface area contributed by atoms with E-state index in [0.717, 1.165) is 21.5 Å². The lowest BCUT2D eigenvalue weighted by Gasteiger charge is -2.25. The summed E-state index contributed by atoms with van der Waals surface area (Å²) in [5, 5.41) is 14.0. The number of hydrogen-bond acceptors (Lipinski definition) is 1. The Hall–Kier alpha value is -3.29. The molecule has 1 unspecified atom stereocenters. The molecule has 0 aromatic heterocycles. The van der Waals surface area contributed by atoms with Crippen molar-refractivity contribution >= 4 is 21.5 Å². The van der Waals surface area contributed by atoms with Crippen molar-refractivity contribution in [1.82, 2.24) is 0 Å². The molecule has 0 aliphatic rings. The summed E-state index contributed by atoms with van der Waals surface area (Å²) in [6.07, 6.45) is -4.94. The second-order valence-corrected chi connectivity index (χ2v) is 6.52. The number of alkyl halides is 3. The first-order valence-electron chi connectivity index (χ1n) is 8.68. The normalized spacial score (nSPS) is 13.7. The topological polar surface area (TPSA) is 20.2 Å². The summed E-state index contributed by atoms with van der Waals surface area (Å²) < 4.78 is 41.1. The van der Waals surface area contributed by atoms with E-state index in [0.29, 0.717) is 5.56 Å². The zero-order valence-electron chi connectivity index (χ0n) is 14.7. The fourth-order valence-corrected chi connectivity index (χ4v) is 3.30. The lowest BCUT2D eigenvalue weighted by molar-refractivity contribution is -0.240. The second-order valence-electron chi connectivity index (χ2n) is 6.52. The monoisotopic (exact) mass is 376 g/mol. The van der Waals surface area contributed by atoms with Crippen LogP contribution in [0.5, 0.6) is 0 Å². The lowest BCUT2D eigenvalue weighted by Crippen LogP contribution is -2.41. The van der Waals surface area contributed by atoms with Crippen LogP contribution in [0.2, 0.25) is 0 Å². The quantitative estimate of drug-likeness (QED) is 0.329. The van der Waals surface area contributed by atoms with Gasteiger partial charge in [0.1, 0.15) is 0 Å². The Bertz CT molecular complexity index is 1220. The first-order valence-corrected chi connectivity index (χ1v) is 8.68. The Morgan fingerprint density at radius 1 is 0.679 bits per heavy atom. The molecule has 4 heteroatoms. The van der Waals surface area contributed by atoms with E-state index in [1.807, 2.05) is 48.5 Å². The van der Waals surface area contributed by atoms with E-state index in [4.69, 9.17) is 0 Å². The van der Waals surface area contributed by atoms with E-state index in [2.05, 4.69) is 11.8 Å². The highest BCUT2D eigenvalue weighted by Gasteiger charge is 2.54. The molecule has 28 heavy (non-hydrogen) atoms. The molecule has 0 spiro atoms. The molecule has 0 aliphatic carbocycles. The van der Waals surface area contributed by atoms with Crippen LogP contribution in [0.4, 0.5) is 13.2 Å². The van der Waals surface area contributed by atoms with E-state index in [9.17, 15) is 18.3 Å². The zero-order valence-corrected chi connectivity index (χ0v) is 14.7. The van der Waals surface area contributed by atoms with Crippen LogP contribution in [-0.4, -0.2) is 11.3 Å². The molecule has 0 heterocycles. The SMILES string of the molecule is OC(C#Cc1cc2ccccc2c2ccccc12)(c1ccccc1)C(F)(F)F. The molecule has 0 amide bonds. The Labute approximate surface area is 160 Å². The van der Waals surface area contributed by atoms with Gasteiger partial charge in [0, 0.05) is 11.1 Å². The van der Waals surface area contributed by atoms with Gasteiger partial charge in [-0.1, -0.05) is 84.8 Å². The molecule has 138 valence electrons. The van der Waals surface area contributed by atoms with Crippen molar-refractivity contribution in [2.75, 3.05) is 0 Å². The molecule has 4 rings (SSSR count). The average Bonchev–Trinajstić information content (AvgIpc) is 2.71. The molecule has 0 bridgehead atoms. The van der Waals surface area contributed by atoms with Crippen LogP contribution in [0.1, 0.15) is 11.1 Å². The van der Waals surface area contributed by atoms with Gasteiger partial charge in [-0.15, -0.1) is 0 Å². The summed E-state index contributed by atoms with van der Waals surface area (Å²) in [6.45, 7) is 0.